The van der Waals surface area contributed by atoms with E-state index in [1.807, 2.05) is 0 Å². The van der Waals surface area contributed by atoms with Crippen LogP contribution in [0.4, 0.5) is 0 Å². The summed E-state index contributed by atoms with van der Waals surface area (Å²) in [7, 11) is 0. The number of hydrogen-bond donors (Lipinski definition) is 0. The zero-order valence-electron chi connectivity index (χ0n) is 11.3. The normalized spacial score (nSPS) is 24.6. The van der Waals surface area contributed by atoms with E-state index < -0.39 is 0 Å². The third-order valence-corrected chi connectivity index (χ3v) is 4.45. The zero-order chi connectivity index (χ0) is 12.8. The molecule has 1 nitrogen and oxygen atoms in total. The van der Waals surface area contributed by atoms with Crippen molar-refractivity contribution in [2.24, 2.45) is 5.92 Å². The molecule has 1 heteroatoms. The Labute approximate surface area is 114 Å². The Bertz CT molecular complexity index is 631. The van der Waals surface area contributed by atoms with E-state index >= 15 is 0 Å². The van der Waals surface area contributed by atoms with Gasteiger partial charge in [-0.05, 0) is 42.4 Å². The van der Waals surface area contributed by atoms with E-state index in [4.69, 9.17) is 4.74 Å². The highest BCUT2D eigenvalue weighted by atomic mass is 16.5. The molecular weight excluding hydrogens is 232 g/mol. The first-order valence-electron chi connectivity index (χ1n) is 7.26. The van der Waals surface area contributed by atoms with Crippen LogP contribution in [0, 0.1) is 5.92 Å². The van der Waals surface area contributed by atoms with Crippen molar-refractivity contribution < 1.29 is 4.74 Å². The second kappa shape index (κ2) is 4.12. The third kappa shape index (κ3) is 1.61. The van der Waals surface area contributed by atoms with Gasteiger partial charge in [-0.2, -0.15) is 0 Å². The Kier molecular flexibility index (Phi) is 2.41. The molecule has 3 aliphatic rings. The van der Waals surface area contributed by atoms with Crippen LogP contribution in [-0.4, -0.2) is 0 Å². The van der Waals surface area contributed by atoms with Gasteiger partial charge in [0.05, 0.1) is 0 Å². The van der Waals surface area contributed by atoms with Gasteiger partial charge in [0.2, 0.25) is 0 Å². The summed E-state index contributed by atoms with van der Waals surface area (Å²) in [5.74, 6) is 2.90. The molecule has 0 bridgehead atoms. The molecule has 1 aromatic rings. The number of hydrogen-bond acceptors (Lipinski definition) is 1. The summed E-state index contributed by atoms with van der Waals surface area (Å²) in [6.07, 6.45) is 9.10. The fourth-order valence-electron chi connectivity index (χ4n) is 3.50. The Morgan fingerprint density at radius 2 is 1.84 bits per heavy atom. The van der Waals surface area contributed by atoms with Crippen LogP contribution in [0.25, 0.3) is 11.1 Å². The number of benzene rings is 1. The van der Waals surface area contributed by atoms with Gasteiger partial charge < -0.3 is 4.74 Å². The minimum absolute atomic E-state index is 0.609. The highest BCUT2D eigenvalue weighted by Gasteiger charge is 2.31. The number of fused-ring (bicyclic) bond motifs is 4. The monoisotopic (exact) mass is 250 g/mol. The smallest absolute Gasteiger partial charge is 0.130 e. The molecule has 2 aliphatic carbocycles. The minimum atomic E-state index is 0.609. The summed E-state index contributed by atoms with van der Waals surface area (Å²) in [4.78, 5) is 0. The van der Waals surface area contributed by atoms with Gasteiger partial charge in [0, 0.05) is 17.6 Å². The summed E-state index contributed by atoms with van der Waals surface area (Å²) < 4.78 is 6.26. The summed E-state index contributed by atoms with van der Waals surface area (Å²) in [5, 5.41) is 0. The first-order chi connectivity index (χ1) is 9.34. The van der Waals surface area contributed by atoms with Crippen LogP contribution in [-0.2, 0) is 4.74 Å². The molecule has 0 saturated carbocycles. The Morgan fingerprint density at radius 3 is 2.74 bits per heavy atom. The van der Waals surface area contributed by atoms with Gasteiger partial charge in [-0.15, -0.1) is 0 Å². The molecule has 0 N–H and O–H groups in total. The van der Waals surface area contributed by atoms with Crippen LogP contribution in [0.5, 0.6) is 0 Å². The van der Waals surface area contributed by atoms with Crippen molar-refractivity contribution in [2.45, 2.75) is 32.6 Å². The third-order valence-electron chi connectivity index (χ3n) is 4.45. The van der Waals surface area contributed by atoms with E-state index in [0.29, 0.717) is 5.92 Å². The molecule has 1 unspecified atom stereocenters. The van der Waals surface area contributed by atoms with Gasteiger partial charge in [-0.1, -0.05) is 37.3 Å². The molecule has 0 spiro atoms. The quantitative estimate of drug-likeness (QED) is 0.635. The van der Waals surface area contributed by atoms with Crippen molar-refractivity contribution in [1.29, 1.82) is 0 Å². The Morgan fingerprint density at radius 1 is 1.05 bits per heavy atom. The standard InChI is InChI=1S/C18H18O/c1-12-10-11-17-18(12)15-8-3-2-6-13(15)14-7-4-5-9-16(14)19-17/h2-3,6-9,12H,4-5,10-11H2,1H3. The van der Waals surface area contributed by atoms with Crippen molar-refractivity contribution >= 4 is 11.1 Å². The van der Waals surface area contributed by atoms with Crippen molar-refractivity contribution in [3.05, 3.63) is 59.1 Å². The molecule has 1 aliphatic heterocycles. The van der Waals surface area contributed by atoms with E-state index in [1.165, 1.54) is 34.5 Å². The number of allylic oxidation sites excluding steroid dienone is 5. The van der Waals surface area contributed by atoms with Crippen molar-refractivity contribution in [2.75, 3.05) is 0 Å². The second-order valence-electron chi connectivity index (χ2n) is 5.69. The summed E-state index contributed by atoms with van der Waals surface area (Å²) in [6, 6.07) is 8.78. The maximum Gasteiger partial charge on any atom is 0.130 e. The van der Waals surface area contributed by atoms with Crippen molar-refractivity contribution in [3.8, 4) is 0 Å². The SMILES string of the molecule is CC1CCC2=C1c1ccccc1C1=CCCC=C1O2. The molecule has 96 valence electrons. The summed E-state index contributed by atoms with van der Waals surface area (Å²) >= 11 is 0. The van der Waals surface area contributed by atoms with Gasteiger partial charge in [0.1, 0.15) is 11.5 Å². The van der Waals surface area contributed by atoms with Crippen LogP contribution >= 0.6 is 0 Å². The molecule has 0 fully saturated rings. The fraction of sp³-hybridized carbons (Fsp3) is 0.333. The molecule has 0 amide bonds. The molecule has 0 radical (unpaired) electrons. The highest BCUT2D eigenvalue weighted by Crippen LogP contribution is 2.47. The predicted octanol–water partition coefficient (Wildman–Crippen LogP) is 4.92. The van der Waals surface area contributed by atoms with E-state index in [0.717, 1.165) is 25.0 Å². The van der Waals surface area contributed by atoms with Crippen LogP contribution in [0.1, 0.15) is 43.7 Å². The number of rotatable bonds is 0. The molecule has 1 aromatic carbocycles. The van der Waals surface area contributed by atoms with Gasteiger partial charge in [0.25, 0.3) is 0 Å². The van der Waals surface area contributed by atoms with E-state index in [9.17, 15) is 0 Å². The first kappa shape index (κ1) is 11.1. The lowest BCUT2D eigenvalue weighted by molar-refractivity contribution is 0.314. The lowest BCUT2D eigenvalue weighted by atomic mass is 9.88. The number of ether oxygens (including phenoxy) is 1. The maximum atomic E-state index is 6.26. The molecule has 1 heterocycles. The molecule has 19 heavy (non-hydrogen) atoms. The van der Waals surface area contributed by atoms with Crippen LogP contribution in [0.15, 0.2) is 47.9 Å². The minimum Gasteiger partial charge on any atom is -0.461 e. The highest BCUT2D eigenvalue weighted by molar-refractivity contribution is 5.89. The summed E-state index contributed by atoms with van der Waals surface area (Å²) in [5.41, 5.74) is 5.47. The lowest BCUT2D eigenvalue weighted by Crippen LogP contribution is -1.99. The van der Waals surface area contributed by atoms with Crippen LogP contribution < -0.4 is 0 Å². The average Bonchev–Trinajstić information content (AvgIpc) is 2.73. The van der Waals surface area contributed by atoms with E-state index in [1.54, 1.807) is 0 Å². The second-order valence-corrected chi connectivity index (χ2v) is 5.69. The van der Waals surface area contributed by atoms with Gasteiger partial charge >= 0.3 is 0 Å². The zero-order valence-corrected chi connectivity index (χ0v) is 11.3. The average molecular weight is 250 g/mol. The maximum absolute atomic E-state index is 6.26. The van der Waals surface area contributed by atoms with E-state index in [-0.39, 0.29) is 0 Å². The predicted molar refractivity (Wildman–Crippen MR) is 78.1 cm³/mol. The van der Waals surface area contributed by atoms with Crippen molar-refractivity contribution in [3.63, 3.8) is 0 Å². The lowest BCUT2D eigenvalue weighted by Gasteiger charge is -2.17. The van der Waals surface area contributed by atoms with Crippen LogP contribution in [0.3, 0.4) is 0 Å². The molecule has 1 atom stereocenters. The fourth-order valence-corrected chi connectivity index (χ4v) is 3.50. The Hall–Kier alpha value is -1.76. The molecule has 0 saturated heterocycles. The molecule has 4 rings (SSSR count). The van der Waals surface area contributed by atoms with Crippen molar-refractivity contribution in [1.82, 2.24) is 0 Å². The van der Waals surface area contributed by atoms with E-state index in [2.05, 4.69) is 43.3 Å². The largest absolute Gasteiger partial charge is 0.461 e. The van der Waals surface area contributed by atoms with Gasteiger partial charge in [-0.25, -0.2) is 0 Å². The van der Waals surface area contributed by atoms with Gasteiger partial charge in [0.15, 0.2) is 0 Å². The molecule has 0 aromatic heterocycles. The Balaban J connectivity index is 2.00. The van der Waals surface area contributed by atoms with Crippen LogP contribution in [0.2, 0.25) is 0 Å². The van der Waals surface area contributed by atoms with Gasteiger partial charge in [-0.3, -0.25) is 0 Å². The molecular formula is C18H18O. The first-order valence-corrected chi connectivity index (χ1v) is 7.26. The topological polar surface area (TPSA) is 9.23 Å². The summed E-state index contributed by atoms with van der Waals surface area (Å²) in [6.45, 7) is 2.32.